The van der Waals surface area contributed by atoms with Crippen molar-refractivity contribution in [2.75, 3.05) is 13.3 Å². The topological polar surface area (TPSA) is 96.9 Å². The molecule has 0 bridgehead atoms. The first-order chi connectivity index (χ1) is 13.0. The molecule has 142 valence electrons. The van der Waals surface area contributed by atoms with Gasteiger partial charge in [-0.2, -0.15) is 0 Å². The molecule has 27 heavy (non-hydrogen) atoms. The SMILES string of the molecule is CC(NC(=O)C(=O)NCCC(O)c1ccc2c(c1)OCO2)c1ccccc1. The fourth-order valence-electron chi connectivity index (χ4n) is 2.78. The van der Waals surface area contributed by atoms with Gasteiger partial charge in [-0.25, -0.2) is 0 Å². The first-order valence-corrected chi connectivity index (χ1v) is 8.76. The summed E-state index contributed by atoms with van der Waals surface area (Å²) in [5.41, 5.74) is 1.58. The van der Waals surface area contributed by atoms with Gasteiger partial charge in [0.15, 0.2) is 11.5 Å². The summed E-state index contributed by atoms with van der Waals surface area (Å²) >= 11 is 0. The molecule has 0 saturated heterocycles. The first kappa shape index (κ1) is 18.7. The second kappa shape index (κ2) is 8.55. The molecule has 1 aliphatic rings. The number of ether oxygens (including phenoxy) is 2. The molecule has 2 atom stereocenters. The number of hydrogen-bond acceptors (Lipinski definition) is 5. The van der Waals surface area contributed by atoms with Crippen molar-refractivity contribution in [1.29, 1.82) is 0 Å². The lowest BCUT2D eigenvalue weighted by atomic mass is 10.1. The van der Waals surface area contributed by atoms with Crippen LogP contribution in [-0.2, 0) is 9.59 Å². The zero-order chi connectivity index (χ0) is 19.2. The van der Waals surface area contributed by atoms with Crippen LogP contribution in [0.1, 0.15) is 36.6 Å². The number of rotatable bonds is 6. The quantitative estimate of drug-likeness (QED) is 0.674. The van der Waals surface area contributed by atoms with E-state index < -0.39 is 17.9 Å². The lowest BCUT2D eigenvalue weighted by molar-refractivity contribution is -0.139. The summed E-state index contributed by atoms with van der Waals surface area (Å²) in [6, 6.07) is 14.3. The Bertz CT molecular complexity index is 809. The molecular formula is C20H22N2O5. The van der Waals surface area contributed by atoms with E-state index in [-0.39, 0.29) is 25.8 Å². The van der Waals surface area contributed by atoms with Crippen LogP contribution >= 0.6 is 0 Å². The fraction of sp³-hybridized carbons (Fsp3) is 0.300. The Labute approximate surface area is 157 Å². The molecule has 2 unspecified atom stereocenters. The van der Waals surface area contributed by atoms with Gasteiger partial charge in [0.1, 0.15) is 0 Å². The van der Waals surface area contributed by atoms with Crippen molar-refractivity contribution in [3.8, 4) is 11.5 Å². The Kier molecular flexibility index (Phi) is 5.93. The van der Waals surface area contributed by atoms with Gasteiger partial charge in [0.05, 0.1) is 12.1 Å². The van der Waals surface area contributed by atoms with E-state index in [1.807, 2.05) is 37.3 Å². The van der Waals surface area contributed by atoms with Crippen LogP contribution in [0.2, 0.25) is 0 Å². The second-order valence-corrected chi connectivity index (χ2v) is 6.28. The molecule has 1 heterocycles. The van der Waals surface area contributed by atoms with E-state index in [0.717, 1.165) is 5.56 Å². The van der Waals surface area contributed by atoms with E-state index in [2.05, 4.69) is 10.6 Å². The van der Waals surface area contributed by atoms with Gasteiger partial charge in [0.2, 0.25) is 6.79 Å². The molecule has 0 spiro atoms. The number of carbonyl (C=O) groups is 2. The number of fused-ring (bicyclic) bond motifs is 1. The summed E-state index contributed by atoms with van der Waals surface area (Å²) in [5, 5.41) is 15.4. The van der Waals surface area contributed by atoms with Gasteiger partial charge in [0.25, 0.3) is 0 Å². The highest BCUT2D eigenvalue weighted by atomic mass is 16.7. The summed E-state index contributed by atoms with van der Waals surface area (Å²) in [5.74, 6) is -0.201. The maximum absolute atomic E-state index is 12.0. The minimum Gasteiger partial charge on any atom is -0.454 e. The lowest BCUT2D eigenvalue weighted by Gasteiger charge is -2.15. The molecule has 0 radical (unpaired) electrons. The molecule has 0 aliphatic carbocycles. The van der Waals surface area contributed by atoms with Crippen LogP contribution in [0.25, 0.3) is 0 Å². The first-order valence-electron chi connectivity index (χ1n) is 8.76. The number of nitrogens with one attached hydrogen (secondary N) is 2. The van der Waals surface area contributed by atoms with Crippen molar-refractivity contribution < 1.29 is 24.2 Å². The average molecular weight is 370 g/mol. The van der Waals surface area contributed by atoms with Crippen molar-refractivity contribution in [2.24, 2.45) is 0 Å². The Hall–Kier alpha value is -3.06. The van der Waals surface area contributed by atoms with Crippen LogP contribution in [0, 0.1) is 0 Å². The molecule has 0 fully saturated rings. The van der Waals surface area contributed by atoms with Gasteiger partial charge in [0, 0.05) is 6.54 Å². The minimum atomic E-state index is -0.786. The molecule has 7 heteroatoms. The summed E-state index contributed by atoms with van der Waals surface area (Å²) in [6.07, 6.45) is -0.515. The second-order valence-electron chi connectivity index (χ2n) is 6.28. The van der Waals surface area contributed by atoms with E-state index >= 15 is 0 Å². The minimum absolute atomic E-state index is 0.168. The maximum Gasteiger partial charge on any atom is 0.309 e. The molecule has 7 nitrogen and oxygen atoms in total. The highest BCUT2D eigenvalue weighted by Gasteiger charge is 2.19. The monoisotopic (exact) mass is 370 g/mol. The van der Waals surface area contributed by atoms with Crippen LogP contribution in [0.5, 0.6) is 11.5 Å². The number of benzene rings is 2. The number of hydrogen-bond donors (Lipinski definition) is 3. The van der Waals surface area contributed by atoms with Crippen LogP contribution in [0.4, 0.5) is 0 Å². The molecule has 0 aromatic heterocycles. The smallest absolute Gasteiger partial charge is 0.309 e. The normalized spacial score (nSPS) is 14.3. The van der Waals surface area contributed by atoms with E-state index in [1.54, 1.807) is 18.2 Å². The van der Waals surface area contributed by atoms with Crippen molar-refractivity contribution in [1.82, 2.24) is 10.6 Å². The van der Waals surface area contributed by atoms with Gasteiger partial charge in [-0.3, -0.25) is 9.59 Å². The number of amides is 2. The van der Waals surface area contributed by atoms with Crippen molar-refractivity contribution in [3.05, 3.63) is 59.7 Å². The average Bonchev–Trinajstić information content (AvgIpc) is 3.16. The Morgan fingerprint density at radius 1 is 1.04 bits per heavy atom. The summed E-state index contributed by atoms with van der Waals surface area (Å²) in [4.78, 5) is 23.9. The third-order valence-electron chi connectivity index (χ3n) is 4.34. The number of carbonyl (C=O) groups excluding carboxylic acids is 2. The summed E-state index contributed by atoms with van der Waals surface area (Å²) in [6.45, 7) is 2.15. The van der Waals surface area contributed by atoms with Crippen LogP contribution in [0.3, 0.4) is 0 Å². The van der Waals surface area contributed by atoms with Crippen molar-refractivity contribution in [3.63, 3.8) is 0 Å². The molecule has 2 aromatic carbocycles. The molecule has 3 rings (SSSR count). The molecule has 0 saturated carbocycles. The Morgan fingerprint density at radius 3 is 2.56 bits per heavy atom. The zero-order valence-corrected chi connectivity index (χ0v) is 15.0. The summed E-state index contributed by atoms with van der Waals surface area (Å²) < 4.78 is 10.5. The van der Waals surface area contributed by atoms with Gasteiger partial charge in [-0.1, -0.05) is 36.4 Å². The zero-order valence-electron chi connectivity index (χ0n) is 15.0. The van der Waals surface area contributed by atoms with Crippen LogP contribution in [0.15, 0.2) is 48.5 Å². The number of aliphatic hydroxyl groups excluding tert-OH is 1. The standard InChI is InChI=1S/C20H22N2O5/c1-13(14-5-3-2-4-6-14)22-20(25)19(24)21-10-9-16(23)15-7-8-17-18(11-15)27-12-26-17/h2-8,11,13,16,23H,9-10,12H2,1H3,(H,21,24)(H,22,25). The number of aliphatic hydroxyl groups is 1. The van der Waals surface area contributed by atoms with Gasteiger partial charge in [-0.15, -0.1) is 0 Å². The van der Waals surface area contributed by atoms with E-state index in [0.29, 0.717) is 17.1 Å². The molecule has 2 aromatic rings. The Balaban J connectivity index is 1.44. The summed E-state index contributed by atoms with van der Waals surface area (Å²) in [7, 11) is 0. The third-order valence-corrected chi connectivity index (χ3v) is 4.34. The molecule has 2 amide bonds. The largest absolute Gasteiger partial charge is 0.454 e. The van der Waals surface area contributed by atoms with Gasteiger partial charge in [-0.05, 0) is 36.6 Å². The van der Waals surface area contributed by atoms with Crippen LogP contribution < -0.4 is 20.1 Å². The predicted molar refractivity (Wildman–Crippen MR) is 98.2 cm³/mol. The molecule has 1 aliphatic heterocycles. The van der Waals surface area contributed by atoms with E-state index in [1.165, 1.54) is 0 Å². The maximum atomic E-state index is 12.0. The fourth-order valence-corrected chi connectivity index (χ4v) is 2.78. The predicted octanol–water partition coefficient (Wildman–Crippen LogP) is 1.83. The van der Waals surface area contributed by atoms with E-state index in [4.69, 9.17) is 9.47 Å². The Morgan fingerprint density at radius 2 is 1.78 bits per heavy atom. The lowest BCUT2D eigenvalue weighted by Crippen LogP contribution is -2.41. The van der Waals surface area contributed by atoms with E-state index in [9.17, 15) is 14.7 Å². The van der Waals surface area contributed by atoms with Gasteiger partial charge >= 0.3 is 11.8 Å². The molecular weight excluding hydrogens is 348 g/mol. The van der Waals surface area contributed by atoms with Crippen molar-refractivity contribution >= 4 is 11.8 Å². The molecule has 3 N–H and O–H groups in total. The van der Waals surface area contributed by atoms with Gasteiger partial charge < -0.3 is 25.2 Å². The van der Waals surface area contributed by atoms with Crippen LogP contribution in [-0.4, -0.2) is 30.3 Å². The highest BCUT2D eigenvalue weighted by Crippen LogP contribution is 2.34. The highest BCUT2D eigenvalue weighted by molar-refractivity contribution is 6.35. The third kappa shape index (κ3) is 4.77. The van der Waals surface area contributed by atoms with Crippen molar-refractivity contribution in [2.45, 2.75) is 25.5 Å².